The molecule has 0 saturated heterocycles. The van der Waals surface area contributed by atoms with Gasteiger partial charge in [-0.15, -0.1) is 35.3 Å². The van der Waals surface area contributed by atoms with Crippen LogP contribution < -0.4 is 10.6 Å². The van der Waals surface area contributed by atoms with Crippen LogP contribution in [0.3, 0.4) is 0 Å². The maximum atomic E-state index is 4.36. The largest absolute Gasteiger partial charge is 0.356 e. The second-order valence-corrected chi connectivity index (χ2v) is 8.33. The zero-order valence-electron chi connectivity index (χ0n) is 15.6. The number of nitrogens with one attached hydrogen (secondary N) is 2. The van der Waals surface area contributed by atoms with Gasteiger partial charge in [0, 0.05) is 36.2 Å². The summed E-state index contributed by atoms with van der Waals surface area (Å²) in [7, 11) is 1.80. The van der Waals surface area contributed by atoms with Crippen molar-refractivity contribution in [3.63, 3.8) is 0 Å². The molecule has 2 aromatic carbocycles. The molecular formula is C20H25IN4S2. The van der Waals surface area contributed by atoms with Crippen molar-refractivity contribution < 1.29 is 0 Å². The summed E-state index contributed by atoms with van der Waals surface area (Å²) < 4.78 is 0. The van der Waals surface area contributed by atoms with Crippen LogP contribution >= 0.6 is 47.1 Å². The van der Waals surface area contributed by atoms with Gasteiger partial charge in [0.15, 0.2) is 5.96 Å². The number of aryl methyl sites for hydroxylation is 1. The molecule has 0 aliphatic rings. The zero-order chi connectivity index (χ0) is 18.2. The number of thioether (sulfide) groups is 1. The maximum absolute atomic E-state index is 4.36. The van der Waals surface area contributed by atoms with E-state index in [9.17, 15) is 0 Å². The van der Waals surface area contributed by atoms with E-state index in [2.05, 4.69) is 70.0 Å². The highest BCUT2D eigenvalue weighted by Crippen LogP contribution is 2.22. The number of guanidine groups is 1. The predicted molar refractivity (Wildman–Crippen MR) is 131 cm³/mol. The second-order valence-electron chi connectivity index (χ2n) is 5.91. The molecule has 0 radical (unpaired) electrons. The first-order chi connectivity index (χ1) is 12.8. The van der Waals surface area contributed by atoms with E-state index in [0.717, 1.165) is 29.0 Å². The predicted octanol–water partition coefficient (Wildman–Crippen LogP) is 4.82. The number of halogens is 1. The number of nitrogens with zero attached hydrogens (tertiary/aromatic N) is 2. The molecule has 0 saturated carbocycles. The average molecular weight is 512 g/mol. The van der Waals surface area contributed by atoms with Gasteiger partial charge in [-0.05, 0) is 23.3 Å². The third kappa shape index (κ3) is 6.65. The Hall–Kier alpha value is -1.32. The van der Waals surface area contributed by atoms with E-state index in [1.807, 2.05) is 18.0 Å². The lowest BCUT2D eigenvalue weighted by molar-refractivity contribution is 0.827. The van der Waals surface area contributed by atoms with Crippen molar-refractivity contribution in [3.05, 3.63) is 64.1 Å². The van der Waals surface area contributed by atoms with Crippen LogP contribution in [-0.2, 0) is 12.3 Å². The SMILES string of the molecule is CN=C(NCCSCc1cccc2ccccc12)NCc1ncc(C)s1.I. The fourth-order valence-electron chi connectivity index (χ4n) is 2.71. The van der Waals surface area contributed by atoms with Crippen LogP contribution in [0.15, 0.2) is 53.7 Å². The maximum Gasteiger partial charge on any atom is 0.191 e. The van der Waals surface area contributed by atoms with Crippen LogP contribution in [0.1, 0.15) is 15.4 Å². The van der Waals surface area contributed by atoms with Crippen LogP contribution in [0.4, 0.5) is 0 Å². The summed E-state index contributed by atoms with van der Waals surface area (Å²) in [4.78, 5) is 9.86. The molecule has 144 valence electrons. The number of hydrogen-bond acceptors (Lipinski definition) is 4. The van der Waals surface area contributed by atoms with E-state index in [4.69, 9.17) is 0 Å². The van der Waals surface area contributed by atoms with Gasteiger partial charge in [-0.1, -0.05) is 42.5 Å². The van der Waals surface area contributed by atoms with Gasteiger partial charge in [0.1, 0.15) is 5.01 Å². The van der Waals surface area contributed by atoms with Gasteiger partial charge in [-0.2, -0.15) is 11.8 Å². The first-order valence-corrected chi connectivity index (χ1v) is 10.6. The van der Waals surface area contributed by atoms with E-state index in [0.29, 0.717) is 6.54 Å². The van der Waals surface area contributed by atoms with Gasteiger partial charge < -0.3 is 10.6 Å². The Morgan fingerprint density at radius 1 is 1.15 bits per heavy atom. The lowest BCUT2D eigenvalue weighted by atomic mass is 10.1. The number of thiazole rings is 1. The van der Waals surface area contributed by atoms with E-state index >= 15 is 0 Å². The van der Waals surface area contributed by atoms with Crippen molar-refractivity contribution in [3.8, 4) is 0 Å². The van der Waals surface area contributed by atoms with Gasteiger partial charge in [-0.25, -0.2) is 4.98 Å². The molecule has 0 amide bonds. The summed E-state index contributed by atoms with van der Waals surface area (Å²) in [6.07, 6.45) is 1.90. The Bertz CT molecular complexity index is 874. The highest BCUT2D eigenvalue weighted by Gasteiger charge is 2.03. The Morgan fingerprint density at radius 2 is 1.96 bits per heavy atom. The highest BCUT2D eigenvalue weighted by atomic mass is 127. The molecule has 0 atom stereocenters. The molecule has 2 N–H and O–H groups in total. The zero-order valence-corrected chi connectivity index (χ0v) is 19.5. The first kappa shape index (κ1) is 22.0. The molecule has 7 heteroatoms. The van der Waals surface area contributed by atoms with Crippen LogP contribution in [-0.4, -0.2) is 30.3 Å². The lowest BCUT2D eigenvalue weighted by Gasteiger charge is -2.11. The summed E-state index contributed by atoms with van der Waals surface area (Å²) in [5, 5.41) is 10.4. The minimum atomic E-state index is 0. The van der Waals surface area contributed by atoms with Crippen LogP contribution in [0.2, 0.25) is 0 Å². The van der Waals surface area contributed by atoms with Crippen molar-refractivity contribution in [1.29, 1.82) is 0 Å². The van der Waals surface area contributed by atoms with Gasteiger partial charge in [0.25, 0.3) is 0 Å². The fraction of sp³-hybridized carbons (Fsp3) is 0.300. The van der Waals surface area contributed by atoms with Crippen molar-refractivity contribution in [2.45, 2.75) is 19.2 Å². The monoisotopic (exact) mass is 512 g/mol. The van der Waals surface area contributed by atoms with Gasteiger partial charge in [-0.3, -0.25) is 4.99 Å². The first-order valence-electron chi connectivity index (χ1n) is 8.66. The number of hydrogen-bond donors (Lipinski definition) is 2. The Balaban J connectivity index is 0.00000261. The fourth-order valence-corrected chi connectivity index (χ4v) is 4.29. The Kier molecular flexibility index (Phi) is 9.36. The van der Waals surface area contributed by atoms with E-state index in [1.165, 1.54) is 21.2 Å². The number of benzene rings is 2. The second kappa shape index (κ2) is 11.5. The molecule has 0 aliphatic carbocycles. The minimum Gasteiger partial charge on any atom is -0.356 e. The van der Waals surface area contributed by atoms with Gasteiger partial charge in [0.05, 0.1) is 6.54 Å². The lowest BCUT2D eigenvalue weighted by Crippen LogP contribution is -2.37. The third-order valence-corrected chi connectivity index (χ3v) is 5.90. The minimum absolute atomic E-state index is 0. The number of aromatic nitrogens is 1. The molecule has 0 fully saturated rings. The standard InChI is InChI=1S/C20H24N4S2.HI/c1-15-12-23-19(26-15)13-24-20(21-2)22-10-11-25-14-17-8-5-7-16-6-3-4-9-18(16)17;/h3-9,12H,10-11,13-14H2,1-2H3,(H2,21,22,24);1H. The quantitative estimate of drug-likeness (QED) is 0.206. The molecule has 0 aliphatic heterocycles. The van der Waals surface area contributed by atoms with Gasteiger partial charge >= 0.3 is 0 Å². The summed E-state index contributed by atoms with van der Waals surface area (Å²) in [6, 6.07) is 15.1. The number of fused-ring (bicyclic) bond motifs is 1. The number of aliphatic imine (C=N–C) groups is 1. The molecular weight excluding hydrogens is 487 g/mol. The molecule has 0 unspecified atom stereocenters. The summed E-state index contributed by atoms with van der Waals surface area (Å²) in [6.45, 7) is 3.66. The summed E-state index contributed by atoms with van der Waals surface area (Å²) in [5.41, 5.74) is 1.40. The van der Waals surface area contributed by atoms with Crippen molar-refractivity contribution >= 4 is 63.8 Å². The molecule has 0 bridgehead atoms. The molecule has 0 spiro atoms. The van der Waals surface area contributed by atoms with Crippen molar-refractivity contribution in [2.24, 2.45) is 4.99 Å². The molecule has 27 heavy (non-hydrogen) atoms. The Morgan fingerprint density at radius 3 is 2.74 bits per heavy atom. The third-order valence-electron chi connectivity index (χ3n) is 3.98. The smallest absolute Gasteiger partial charge is 0.191 e. The van der Waals surface area contributed by atoms with Crippen LogP contribution in [0.25, 0.3) is 10.8 Å². The summed E-state index contributed by atoms with van der Waals surface area (Å²) >= 11 is 3.65. The number of rotatable bonds is 7. The van der Waals surface area contributed by atoms with Crippen LogP contribution in [0, 0.1) is 6.92 Å². The van der Waals surface area contributed by atoms with E-state index in [-0.39, 0.29) is 24.0 Å². The van der Waals surface area contributed by atoms with E-state index in [1.54, 1.807) is 18.4 Å². The molecule has 3 rings (SSSR count). The Labute approximate surface area is 186 Å². The average Bonchev–Trinajstić information content (AvgIpc) is 3.09. The van der Waals surface area contributed by atoms with Crippen molar-refractivity contribution in [1.82, 2.24) is 15.6 Å². The van der Waals surface area contributed by atoms with Crippen molar-refractivity contribution in [2.75, 3.05) is 19.3 Å². The summed E-state index contributed by atoms with van der Waals surface area (Å²) in [5.74, 6) is 2.87. The normalized spacial score (nSPS) is 11.3. The van der Waals surface area contributed by atoms with Gasteiger partial charge in [0.2, 0.25) is 0 Å². The van der Waals surface area contributed by atoms with E-state index < -0.39 is 0 Å². The van der Waals surface area contributed by atoms with Crippen LogP contribution in [0.5, 0.6) is 0 Å². The molecule has 1 heterocycles. The topological polar surface area (TPSA) is 49.3 Å². The molecule has 4 nitrogen and oxygen atoms in total. The molecule has 1 aromatic heterocycles. The molecule has 3 aromatic rings. The highest BCUT2D eigenvalue weighted by molar-refractivity contribution is 14.0.